The van der Waals surface area contributed by atoms with Crippen molar-refractivity contribution in [3.05, 3.63) is 24.3 Å². The Hall–Kier alpha value is -0.520. The van der Waals surface area contributed by atoms with Crippen LogP contribution in [0.25, 0.3) is 0 Å². The third-order valence-corrected chi connectivity index (χ3v) is 7.52. The van der Waals surface area contributed by atoms with Crippen molar-refractivity contribution in [2.24, 2.45) is 0 Å². The van der Waals surface area contributed by atoms with Gasteiger partial charge in [0.15, 0.2) is 0 Å². The van der Waals surface area contributed by atoms with Gasteiger partial charge < -0.3 is 0 Å². The molecule has 0 aromatic heterocycles. The van der Waals surface area contributed by atoms with Gasteiger partial charge in [0, 0.05) is 0 Å². The van der Waals surface area contributed by atoms with Crippen LogP contribution in [-0.4, -0.2) is 0 Å². The quantitative estimate of drug-likeness (QED) is 0.0696. The van der Waals surface area contributed by atoms with Gasteiger partial charge in [-0.05, 0) is 51.4 Å². The Bertz CT molecular complexity index is 404. The zero-order valence-electron chi connectivity index (χ0n) is 24.8. The molecule has 0 aromatic rings. The molecule has 35 heavy (non-hydrogen) atoms. The number of hydrogen-bond acceptors (Lipinski definition) is 0. The van der Waals surface area contributed by atoms with Crippen molar-refractivity contribution in [2.75, 3.05) is 0 Å². The second-order valence-electron chi connectivity index (χ2n) is 11.2. The van der Waals surface area contributed by atoms with Gasteiger partial charge in [0.05, 0.1) is 0 Å². The Balaban J connectivity index is 3.10. The van der Waals surface area contributed by atoms with Crippen molar-refractivity contribution >= 4 is 0 Å². The van der Waals surface area contributed by atoms with Crippen molar-refractivity contribution in [1.82, 2.24) is 0 Å². The standard InChI is InChI=1S/C35H68/c1-3-5-7-9-11-13-15-17-19-21-23-25-27-29-31-33-35-34-32-30-28-26-24-22-20-18-16-14-12-10-8-6-4-2/h13,15,24,26H,3-12,14,16-23,25,27-35H2,1-2H3. The van der Waals surface area contributed by atoms with Crippen molar-refractivity contribution in [3.63, 3.8) is 0 Å². The maximum atomic E-state index is 2.45. The third kappa shape index (κ3) is 33.5. The van der Waals surface area contributed by atoms with Crippen molar-refractivity contribution < 1.29 is 0 Å². The average molecular weight is 489 g/mol. The summed E-state index contributed by atoms with van der Waals surface area (Å²) >= 11 is 0. The summed E-state index contributed by atoms with van der Waals surface area (Å²) in [5.74, 6) is 0. The second kappa shape index (κ2) is 33.5. The topological polar surface area (TPSA) is 0 Å². The summed E-state index contributed by atoms with van der Waals surface area (Å²) in [5.41, 5.74) is 0. The van der Waals surface area contributed by atoms with E-state index >= 15 is 0 Å². The molecule has 0 bridgehead atoms. The third-order valence-electron chi connectivity index (χ3n) is 7.52. The monoisotopic (exact) mass is 489 g/mol. The molecular formula is C35H68. The normalized spacial score (nSPS) is 11.9. The molecule has 0 fully saturated rings. The first kappa shape index (κ1) is 34.5. The summed E-state index contributed by atoms with van der Waals surface area (Å²) in [6, 6.07) is 0. The van der Waals surface area contributed by atoms with Gasteiger partial charge in [-0.3, -0.25) is 0 Å². The highest BCUT2D eigenvalue weighted by atomic mass is 14.0. The fourth-order valence-electron chi connectivity index (χ4n) is 5.03. The fourth-order valence-corrected chi connectivity index (χ4v) is 5.03. The van der Waals surface area contributed by atoms with E-state index in [9.17, 15) is 0 Å². The van der Waals surface area contributed by atoms with Crippen LogP contribution in [0.3, 0.4) is 0 Å². The van der Waals surface area contributed by atoms with Gasteiger partial charge in [0.25, 0.3) is 0 Å². The van der Waals surface area contributed by atoms with Crippen LogP contribution < -0.4 is 0 Å². The molecule has 0 aliphatic carbocycles. The lowest BCUT2D eigenvalue weighted by molar-refractivity contribution is 0.542. The number of hydrogen-bond donors (Lipinski definition) is 0. The summed E-state index contributed by atoms with van der Waals surface area (Å²) in [7, 11) is 0. The highest BCUT2D eigenvalue weighted by Crippen LogP contribution is 2.14. The molecule has 0 aromatic carbocycles. The minimum Gasteiger partial charge on any atom is -0.0885 e. The van der Waals surface area contributed by atoms with E-state index in [1.807, 2.05) is 0 Å². The maximum Gasteiger partial charge on any atom is -0.0351 e. The second-order valence-corrected chi connectivity index (χ2v) is 11.2. The molecule has 0 aliphatic rings. The van der Waals surface area contributed by atoms with E-state index in [-0.39, 0.29) is 0 Å². The molecule has 0 spiro atoms. The van der Waals surface area contributed by atoms with E-state index in [1.165, 1.54) is 186 Å². The first-order valence-electron chi connectivity index (χ1n) is 16.7. The molecule has 0 nitrogen and oxygen atoms in total. The lowest BCUT2D eigenvalue weighted by Crippen LogP contribution is -1.83. The molecular weight excluding hydrogens is 420 g/mol. The molecule has 0 amide bonds. The zero-order valence-corrected chi connectivity index (χ0v) is 24.8. The van der Waals surface area contributed by atoms with Gasteiger partial charge in [0.2, 0.25) is 0 Å². The Morgan fingerprint density at radius 3 is 0.629 bits per heavy atom. The van der Waals surface area contributed by atoms with Crippen LogP contribution in [0.5, 0.6) is 0 Å². The summed E-state index contributed by atoms with van der Waals surface area (Å²) in [4.78, 5) is 0. The SMILES string of the molecule is CCCCCCC=CCCCCCCCCCCCCCCC=CCCCCCCCCCCC. The van der Waals surface area contributed by atoms with E-state index in [0.29, 0.717) is 0 Å². The van der Waals surface area contributed by atoms with E-state index in [1.54, 1.807) is 0 Å². The van der Waals surface area contributed by atoms with E-state index in [4.69, 9.17) is 0 Å². The predicted molar refractivity (Wildman–Crippen MR) is 164 cm³/mol. The largest absolute Gasteiger partial charge is 0.0885 e. The molecule has 0 unspecified atom stereocenters. The average Bonchev–Trinajstić information content (AvgIpc) is 2.87. The fraction of sp³-hybridized carbons (Fsp3) is 0.886. The molecule has 0 saturated heterocycles. The zero-order chi connectivity index (χ0) is 25.3. The molecule has 0 rings (SSSR count). The van der Waals surface area contributed by atoms with Crippen molar-refractivity contribution in [3.8, 4) is 0 Å². The summed E-state index contributed by atoms with van der Waals surface area (Å²) in [6.07, 6.45) is 50.9. The predicted octanol–water partition coefficient (Wildman–Crippen LogP) is 13.5. The molecule has 208 valence electrons. The minimum absolute atomic E-state index is 1.30. The summed E-state index contributed by atoms with van der Waals surface area (Å²) in [5, 5.41) is 0. The Labute approximate surface area is 224 Å². The molecule has 0 aliphatic heterocycles. The lowest BCUT2D eigenvalue weighted by Gasteiger charge is -2.02. The minimum atomic E-state index is 1.30. The maximum absolute atomic E-state index is 2.45. The van der Waals surface area contributed by atoms with Crippen LogP contribution in [0.15, 0.2) is 24.3 Å². The van der Waals surface area contributed by atoms with Gasteiger partial charge >= 0.3 is 0 Å². The Morgan fingerprint density at radius 1 is 0.229 bits per heavy atom. The molecule has 0 heterocycles. The molecule has 0 heteroatoms. The van der Waals surface area contributed by atoms with Gasteiger partial charge in [-0.15, -0.1) is 0 Å². The first-order valence-corrected chi connectivity index (χ1v) is 16.7. The van der Waals surface area contributed by atoms with Crippen LogP contribution in [0, 0.1) is 0 Å². The Morgan fingerprint density at radius 2 is 0.400 bits per heavy atom. The van der Waals surface area contributed by atoms with Crippen LogP contribution >= 0.6 is 0 Å². The lowest BCUT2D eigenvalue weighted by atomic mass is 10.0. The van der Waals surface area contributed by atoms with Gasteiger partial charge in [-0.1, -0.05) is 173 Å². The van der Waals surface area contributed by atoms with Gasteiger partial charge in [-0.2, -0.15) is 0 Å². The number of unbranched alkanes of at least 4 members (excludes halogenated alkanes) is 26. The number of allylic oxidation sites excluding steroid dienone is 4. The van der Waals surface area contributed by atoms with E-state index in [2.05, 4.69) is 38.2 Å². The van der Waals surface area contributed by atoms with Crippen molar-refractivity contribution in [1.29, 1.82) is 0 Å². The molecule has 0 radical (unpaired) electrons. The molecule has 0 N–H and O–H groups in total. The van der Waals surface area contributed by atoms with Crippen molar-refractivity contribution in [2.45, 2.75) is 200 Å². The highest BCUT2D eigenvalue weighted by molar-refractivity contribution is 4.82. The smallest absolute Gasteiger partial charge is 0.0351 e. The summed E-state index contributed by atoms with van der Waals surface area (Å²) in [6.45, 7) is 4.59. The number of rotatable bonds is 30. The van der Waals surface area contributed by atoms with Gasteiger partial charge in [-0.25, -0.2) is 0 Å². The highest BCUT2D eigenvalue weighted by Gasteiger charge is 1.94. The van der Waals surface area contributed by atoms with Crippen LogP contribution in [0.1, 0.15) is 200 Å². The van der Waals surface area contributed by atoms with Gasteiger partial charge in [0.1, 0.15) is 0 Å². The van der Waals surface area contributed by atoms with E-state index in [0.717, 1.165) is 0 Å². The first-order chi connectivity index (χ1) is 17.4. The van der Waals surface area contributed by atoms with Crippen LogP contribution in [0.2, 0.25) is 0 Å². The Kier molecular flexibility index (Phi) is 33.0. The van der Waals surface area contributed by atoms with E-state index < -0.39 is 0 Å². The van der Waals surface area contributed by atoms with Crippen LogP contribution in [0.4, 0.5) is 0 Å². The molecule has 0 saturated carbocycles. The molecule has 0 atom stereocenters. The summed E-state index contributed by atoms with van der Waals surface area (Å²) < 4.78 is 0. The van der Waals surface area contributed by atoms with Crippen LogP contribution in [-0.2, 0) is 0 Å².